The van der Waals surface area contributed by atoms with E-state index in [1.165, 1.54) is 33.2 Å². The highest BCUT2D eigenvalue weighted by atomic mass is 16.3. The molecular formula is C23H26BNO. The van der Waals surface area contributed by atoms with E-state index in [-0.39, 0.29) is 12.6 Å². The predicted octanol–water partition coefficient (Wildman–Crippen LogP) is 3.87. The van der Waals surface area contributed by atoms with Crippen LogP contribution in [0.1, 0.15) is 22.3 Å². The van der Waals surface area contributed by atoms with Crippen molar-refractivity contribution in [2.45, 2.75) is 27.7 Å². The lowest BCUT2D eigenvalue weighted by Gasteiger charge is -2.32. The average molecular weight is 343 g/mol. The highest BCUT2D eigenvalue weighted by Crippen LogP contribution is 2.20. The van der Waals surface area contributed by atoms with Crippen molar-refractivity contribution in [3.63, 3.8) is 0 Å². The maximum Gasteiger partial charge on any atom is 0.324 e. The van der Waals surface area contributed by atoms with Gasteiger partial charge in [0.1, 0.15) is 5.75 Å². The van der Waals surface area contributed by atoms with Gasteiger partial charge in [0, 0.05) is 5.69 Å². The van der Waals surface area contributed by atoms with Crippen LogP contribution < -0.4 is 15.7 Å². The van der Waals surface area contributed by atoms with Crippen molar-refractivity contribution >= 4 is 23.5 Å². The zero-order valence-corrected chi connectivity index (χ0v) is 16.2. The minimum Gasteiger partial charge on any atom is -0.508 e. The minimum absolute atomic E-state index is 0.113. The molecule has 0 bridgehead atoms. The van der Waals surface area contributed by atoms with Crippen LogP contribution in [-0.2, 0) is 0 Å². The predicted molar refractivity (Wildman–Crippen MR) is 113 cm³/mol. The third-order valence-corrected chi connectivity index (χ3v) is 5.28. The molecule has 3 aromatic carbocycles. The van der Waals surface area contributed by atoms with Crippen LogP contribution in [0.25, 0.3) is 0 Å². The van der Waals surface area contributed by atoms with E-state index in [0.717, 1.165) is 5.69 Å². The summed E-state index contributed by atoms with van der Waals surface area (Å²) in [7, 11) is 2.13. The quantitative estimate of drug-likeness (QED) is 0.727. The molecule has 0 fully saturated rings. The number of nitrogens with zero attached hydrogens (tertiary/aromatic N) is 1. The number of hydrogen-bond acceptors (Lipinski definition) is 2. The highest BCUT2D eigenvalue weighted by Gasteiger charge is 2.31. The van der Waals surface area contributed by atoms with E-state index in [2.05, 4.69) is 76.0 Å². The lowest BCUT2D eigenvalue weighted by Crippen LogP contribution is -2.58. The standard InChI is InChI=1S/C23H26BNO/c1-16-8-6-9-17(2)22(16)24(23-18(3)10-7-11-19(23)4)25(5)20-12-14-21(26)15-13-20/h6-15,26H,1-5H3. The summed E-state index contributed by atoms with van der Waals surface area (Å²) >= 11 is 0. The summed E-state index contributed by atoms with van der Waals surface area (Å²) in [6, 6.07) is 20.4. The molecule has 0 aliphatic rings. The van der Waals surface area contributed by atoms with Gasteiger partial charge in [0.25, 0.3) is 0 Å². The number of rotatable bonds is 4. The van der Waals surface area contributed by atoms with Crippen molar-refractivity contribution in [3.05, 3.63) is 82.9 Å². The van der Waals surface area contributed by atoms with Crippen molar-refractivity contribution in [2.24, 2.45) is 0 Å². The summed E-state index contributed by atoms with van der Waals surface area (Å²) in [4.78, 5) is 2.31. The molecular weight excluding hydrogens is 317 g/mol. The van der Waals surface area contributed by atoms with Crippen LogP contribution >= 0.6 is 0 Å². The molecule has 3 heteroatoms. The highest BCUT2D eigenvalue weighted by molar-refractivity contribution is 6.89. The Hall–Kier alpha value is -2.68. The summed E-state index contributed by atoms with van der Waals surface area (Å²) in [5.74, 6) is 0.290. The van der Waals surface area contributed by atoms with Gasteiger partial charge < -0.3 is 9.92 Å². The molecule has 2 nitrogen and oxygen atoms in total. The summed E-state index contributed by atoms with van der Waals surface area (Å²) in [5, 5.41) is 9.67. The Morgan fingerprint density at radius 3 is 1.42 bits per heavy atom. The third-order valence-electron chi connectivity index (χ3n) is 5.28. The number of anilines is 1. The zero-order chi connectivity index (χ0) is 18.8. The number of aromatic hydroxyl groups is 1. The van der Waals surface area contributed by atoms with Gasteiger partial charge in [-0.3, -0.25) is 0 Å². The Morgan fingerprint density at radius 2 is 1.04 bits per heavy atom. The lowest BCUT2D eigenvalue weighted by molar-refractivity contribution is 0.475. The first-order chi connectivity index (χ1) is 12.4. The van der Waals surface area contributed by atoms with E-state index in [1.54, 1.807) is 12.1 Å². The second-order valence-corrected chi connectivity index (χ2v) is 7.14. The largest absolute Gasteiger partial charge is 0.508 e. The number of hydrogen-bond donors (Lipinski definition) is 1. The smallest absolute Gasteiger partial charge is 0.324 e. The van der Waals surface area contributed by atoms with Gasteiger partial charge in [-0.25, -0.2) is 0 Å². The first kappa shape index (κ1) is 18.1. The molecule has 0 aromatic heterocycles. The maximum atomic E-state index is 9.67. The van der Waals surface area contributed by atoms with Gasteiger partial charge in [-0.2, -0.15) is 0 Å². The van der Waals surface area contributed by atoms with Gasteiger partial charge in [0.15, 0.2) is 0 Å². The lowest BCUT2D eigenvalue weighted by atomic mass is 9.45. The Balaban J connectivity index is 2.24. The van der Waals surface area contributed by atoms with Crippen molar-refractivity contribution in [1.82, 2.24) is 0 Å². The van der Waals surface area contributed by atoms with Crippen molar-refractivity contribution in [2.75, 3.05) is 11.9 Å². The van der Waals surface area contributed by atoms with E-state index in [9.17, 15) is 5.11 Å². The van der Waals surface area contributed by atoms with Crippen LogP contribution in [0.5, 0.6) is 5.75 Å². The van der Waals surface area contributed by atoms with Crippen molar-refractivity contribution < 1.29 is 5.11 Å². The normalized spacial score (nSPS) is 10.7. The fourth-order valence-electron chi connectivity index (χ4n) is 3.89. The molecule has 1 N–H and O–H groups in total. The Kier molecular flexibility index (Phi) is 5.08. The molecule has 0 saturated heterocycles. The molecule has 26 heavy (non-hydrogen) atoms. The average Bonchev–Trinajstić information content (AvgIpc) is 2.60. The summed E-state index contributed by atoms with van der Waals surface area (Å²) in [5.41, 5.74) is 8.96. The number of phenols is 1. The van der Waals surface area contributed by atoms with E-state index in [4.69, 9.17) is 0 Å². The second-order valence-electron chi connectivity index (χ2n) is 7.14. The van der Waals surface area contributed by atoms with Crippen molar-refractivity contribution in [3.8, 4) is 5.75 Å². The van der Waals surface area contributed by atoms with Gasteiger partial charge in [-0.05, 0) is 69.9 Å². The van der Waals surface area contributed by atoms with E-state index >= 15 is 0 Å². The van der Waals surface area contributed by atoms with E-state index in [1.807, 2.05) is 12.1 Å². The molecule has 0 aliphatic carbocycles. The van der Waals surface area contributed by atoms with E-state index < -0.39 is 0 Å². The number of aryl methyl sites for hydroxylation is 4. The zero-order valence-electron chi connectivity index (χ0n) is 16.2. The molecule has 0 unspecified atom stereocenters. The minimum atomic E-state index is 0.113. The van der Waals surface area contributed by atoms with Crippen LogP contribution in [0, 0.1) is 27.7 Å². The van der Waals surface area contributed by atoms with Gasteiger partial charge in [-0.1, -0.05) is 58.7 Å². The molecule has 0 amide bonds. The fraction of sp³-hybridized carbons (Fsp3) is 0.217. The van der Waals surface area contributed by atoms with Crippen LogP contribution in [0.4, 0.5) is 5.69 Å². The number of benzene rings is 3. The summed E-state index contributed by atoms with van der Waals surface area (Å²) in [6.07, 6.45) is 0. The van der Waals surface area contributed by atoms with Crippen LogP contribution in [0.15, 0.2) is 60.7 Å². The monoisotopic (exact) mass is 343 g/mol. The molecule has 0 radical (unpaired) electrons. The van der Waals surface area contributed by atoms with Gasteiger partial charge in [-0.15, -0.1) is 0 Å². The Bertz CT molecular complexity index is 826. The molecule has 3 rings (SSSR count). The molecule has 0 spiro atoms. The fourth-order valence-corrected chi connectivity index (χ4v) is 3.89. The maximum absolute atomic E-state index is 9.67. The third kappa shape index (κ3) is 3.34. The topological polar surface area (TPSA) is 23.5 Å². The molecule has 0 saturated carbocycles. The molecule has 132 valence electrons. The molecule has 0 aliphatic heterocycles. The first-order valence-electron chi connectivity index (χ1n) is 9.04. The van der Waals surface area contributed by atoms with E-state index in [0.29, 0.717) is 0 Å². The SMILES string of the molecule is Cc1cccc(C)c1B(c1c(C)cccc1C)N(C)c1ccc(O)cc1. The van der Waals surface area contributed by atoms with Crippen LogP contribution in [0.2, 0.25) is 0 Å². The van der Waals surface area contributed by atoms with Crippen molar-refractivity contribution in [1.29, 1.82) is 0 Å². The number of phenolic OH excluding ortho intramolecular Hbond substituents is 1. The Labute approximate surface area is 157 Å². The summed E-state index contributed by atoms with van der Waals surface area (Å²) < 4.78 is 0. The first-order valence-corrected chi connectivity index (χ1v) is 9.04. The molecule has 0 heterocycles. The second kappa shape index (κ2) is 7.29. The molecule has 0 atom stereocenters. The van der Waals surface area contributed by atoms with Crippen LogP contribution in [0.3, 0.4) is 0 Å². The van der Waals surface area contributed by atoms with Gasteiger partial charge in [0.2, 0.25) is 0 Å². The Morgan fingerprint density at radius 1 is 0.654 bits per heavy atom. The van der Waals surface area contributed by atoms with Crippen LogP contribution in [-0.4, -0.2) is 19.0 Å². The van der Waals surface area contributed by atoms with Gasteiger partial charge in [0.05, 0.1) is 0 Å². The summed E-state index contributed by atoms with van der Waals surface area (Å²) in [6.45, 7) is 8.87. The molecule has 3 aromatic rings. The van der Waals surface area contributed by atoms with Gasteiger partial charge >= 0.3 is 6.85 Å².